The van der Waals surface area contributed by atoms with Gasteiger partial charge in [0, 0.05) is 19.2 Å². The number of alkyl halides is 3. The molecule has 0 aliphatic heterocycles. The maximum absolute atomic E-state index is 14.0. The van der Waals surface area contributed by atoms with Crippen molar-refractivity contribution < 1.29 is 30.7 Å². The van der Waals surface area contributed by atoms with E-state index in [1.807, 2.05) is 0 Å². The number of halogens is 4. The van der Waals surface area contributed by atoms with Crippen LogP contribution in [-0.2, 0) is 26.5 Å². The molecule has 9 heteroatoms. The van der Waals surface area contributed by atoms with Crippen LogP contribution in [-0.4, -0.2) is 22.1 Å². The van der Waals surface area contributed by atoms with Gasteiger partial charge >= 0.3 is 6.18 Å². The molecule has 1 N–H and O–H groups in total. The number of ether oxygens (including phenoxy) is 1. The van der Waals surface area contributed by atoms with Crippen molar-refractivity contribution in [3.63, 3.8) is 0 Å². The lowest BCUT2D eigenvalue weighted by molar-refractivity contribution is -0.137. The van der Waals surface area contributed by atoms with Crippen LogP contribution in [0.15, 0.2) is 53.4 Å². The Morgan fingerprint density at radius 1 is 1.08 bits per heavy atom. The highest BCUT2D eigenvalue weighted by Gasteiger charge is 2.33. The average molecular weight is 391 g/mol. The molecule has 0 bridgehead atoms. The van der Waals surface area contributed by atoms with Crippen LogP contribution in [0.5, 0.6) is 0 Å². The van der Waals surface area contributed by atoms with E-state index in [2.05, 4.69) is 4.72 Å². The molecule has 26 heavy (non-hydrogen) atoms. The van der Waals surface area contributed by atoms with Gasteiger partial charge in [-0.05, 0) is 31.2 Å². The Bertz CT molecular complexity index is 884. The molecule has 1 atom stereocenters. The van der Waals surface area contributed by atoms with Crippen LogP contribution in [0.4, 0.5) is 17.6 Å². The topological polar surface area (TPSA) is 55.4 Å². The summed E-state index contributed by atoms with van der Waals surface area (Å²) in [5.74, 6) is -0.588. The average Bonchev–Trinajstić information content (AvgIpc) is 2.59. The molecule has 2 rings (SSSR count). The third kappa shape index (κ3) is 4.40. The van der Waals surface area contributed by atoms with E-state index < -0.39 is 38.1 Å². The Balaban J connectivity index is 2.28. The molecular formula is C17H17F4NO3S. The Hall–Kier alpha value is -1.97. The zero-order valence-electron chi connectivity index (χ0n) is 14.0. The largest absolute Gasteiger partial charge is 0.416 e. The first-order chi connectivity index (χ1) is 12.0. The number of hydrogen-bond acceptors (Lipinski definition) is 3. The molecule has 4 nitrogen and oxygen atoms in total. The quantitative estimate of drug-likeness (QED) is 0.765. The van der Waals surface area contributed by atoms with Crippen LogP contribution >= 0.6 is 0 Å². The van der Waals surface area contributed by atoms with Crippen LogP contribution in [0.2, 0.25) is 0 Å². The lowest BCUT2D eigenvalue weighted by Gasteiger charge is -2.29. The number of methoxy groups -OCH3 is 1. The van der Waals surface area contributed by atoms with Crippen molar-refractivity contribution in [1.29, 1.82) is 0 Å². The Morgan fingerprint density at radius 2 is 1.73 bits per heavy atom. The SMILES string of the molecule is CO[C@](C)(CNS(=O)(=O)c1cccc(C(F)(F)F)c1)c1ccccc1F. The van der Waals surface area contributed by atoms with Crippen molar-refractivity contribution in [3.05, 3.63) is 65.5 Å². The third-order valence-electron chi connectivity index (χ3n) is 3.97. The van der Waals surface area contributed by atoms with E-state index in [1.54, 1.807) is 6.07 Å². The number of sulfonamides is 1. The van der Waals surface area contributed by atoms with E-state index in [-0.39, 0.29) is 12.1 Å². The van der Waals surface area contributed by atoms with E-state index in [9.17, 15) is 26.0 Å². The maximum Gasteiger partial charge on any atom is 0.416 e. The van der Waals surface area contributed by atoms with Crippen molar-refractivity contribution in [2.45, 2.75) is 23.6 Å². The molecule has 0 aliphatic rings. The number of hydrogen-bond donors (Lipinski definition) is 1. The Labute approximate surface area is 148 Å². The predicted octanol–water partition coefficient (Wildman–Crippen LogP) is 3.68. The zero-order valence-corrected chi connectivity index (χ0v) is 14.8. The molecule has 0 saturated heterocycles. The monoisotopic (exact) mass is 391 g/mol. The van der Waals surface area contributed by atoms with Gasteiger partial charge in [0.2, 0.25) is 10.0 Å². The summed E-state index contributed by atoms with van der Waals surface area (Å²) in [6.07, 6.45) is -4.67. The third-order valence-corrected chi connectivity index (χ3v) is 5.36. The van der Waals surface area contributed by atoms with Gasteiger partial charge in [0.05, 0.1) is 10.5 Å². The van der Waals surface area contributed by atoms with Crippen molar-refractivity contribution in [1.82, 2.24) is 4.72 Å². The van der Waals surface area contributed by atoms with Gasteiger partial charge in [-0.15, -0.1) is 0 Å². The lowest BCUT2D eigenvalue weighted by Crippen LogP contribution is -2.40. The highest BCUT2D eigenvalue weighted by Crippen LogP contribution is 2.31. The molecule has 0 aliphatic carbocycles. The smallest absolute Gasteiger partial charge is 0.372 e. The summed E-state index contributed by atoms with van der Waals surface area (Å²) < 4.78 is 84.5. The minimum Gasteiger partial charge on any atom is -0.372 e. The van der Waals surface area contributed by atoms with Crippen molar-refractivity contribution >= 4 is 10.0 Å². The predicted molar refractivity (Wildman–Crippen MR) is 87.4 cm³/mol. The van der Waals surface area contributed by atoms with Gasteiger partial charge in [-0.3, -0.25) is 0 Å². The fraction of sp³-hybridized carbons (Fsp3) is 0.294. The van der Waals surface area contributed by atoms with Crippen LogP contribution < -0.4 is 4.72 Å². The molecule has 0 saturated carbocycles. The van der Waals surface area contributed by atoms with Crippen molar-refractivity contribution in [2.75, 3.05) is 13.7 Å². The van der Waals surface area contributed by atoms with Crippen LogP contribution in [0.25, 0.3) is 0 Å². The molecule has 2 aromatic rings. The van der Waals surface area contributed by atoms with E-state index >= 15 is 0 Å². The second kappa shape index (κ2) is 7.34. The minimum absolute atomic E-state index is 0.120. The molecular weight excluding hydrogens is 374 g/mol. The molecule has 0 spiro atoms. The van der Waals surface area contributed by atoms with Gasteiger partial charge in [-0.25, -0.2) is 17.5 Å². The summed E-state index contributed by atoms with van der Waals surface area (Å²) in [6, 6.07) is 9.05. The van der Waals surface area contributed by atoms with E-state index in [4.69, 9.17) is 4.74 Å². The maximum atomic E-state index is 14.0. The molecule has 0 radical (unpaired) electrons. The Morgan fingerprint density at radius 3 is 2.31 bits per heavy atom. The summed E-state index contributed by atoms with van der Waals surface area (Å²) >= 11 is 0. The first kappa shape index (κ1) is 20.3. The number of nitrogens with one attached hydrogen (secondary N) is 1. The van der Waals surface area contributed by atoms with Crippen LogP contribution in [0.3, 0.4) is 0 Å². The Kier molecular flexibility index (Phi) is 5.74. The number of rotatable bonds is 6. The molecule has 0 amide bonds. The molecule has 142 valence electrons. The molecule has 0 unspecified atom stereocenters. The summed E-state index contributed by atoms with van der Waals surface area (Å²) in [5.41, 5.74) is -2.31. The first-order valence-electron chi connectivity index (χ1n) is 7.47. The summed E-state index contributed by atoms with van der Waals surface area (Å²) in [6.45, 7) is 1.10. The minimum atomic E-state index is -4.67. The van der Waals surface area contributed by atoms with E-state index in [1.165, 1.54) is 32.2 Å². The molecule has 0 fully saturated rings. The van der Waals surface area contributed by atoms with Gasteiger partial charge in [0.1, 0.15) is 11.4 Å². The van der Waals surface area contributed by atoms with E-state index in [0.717, 1.165) is 18.2 Å². The second-order valence-electron chi connectivity index (χ2n) is 5.76. The zero-order chi connectivity index (χ0) is 19.6. The van der Waals surface area contributed by atoms with Crippen LogP contribution in [0, 0.1) is 5.82 Å². The van der Waals surface area contributed by atoms with Crippen molar-refractivity contribution in [3.8, 4) is 0 Å². The van der Waals surface area contributed by atoms with Gasteiger partial charge < -0.3 is 4.74 Å². The van der Waals surface area contributed by atoms with Gasteiger partial charge in [-0.2, -0.15) is 13.2 Å². The second-order valence-corrected chi connectivity index (χ2v) is 7.53. The summed E-state index contributed by atoms with van der Waals surface area (Å²) in [5, 5.41) is 0. The summed E-state index contributed by atoms with van der Waals surface area (Å²) in [4.78, 5) is -0.542. The lowest BCUT2D eigenvalue weighted by atomic mass is 9.95. The summed E-state index contributed by atoms with van der Waals surface area (Å²) in [7, 11) is -2.98. The first-order valence-corrected chi connectivity index (χ1v) is 8.95. The highest BCUT2D eigenvalue weighted by molar-refractivity contribution is 7.89. The van der Waals surface area contributed by atoms with Crippen LogP contribution in [0.1, 0.15) is 18.1 Å². The molecule has 2 aromatic carbocycles. The van der Waals surface area contributed by atoms with Gasteiger partial charge in [0.25, 0.3) is 0 Å². The highest BCUT2D eigenvalue weighted by atomic mass is 32.2. The van der Waals surface area contributed by atoms with Crippen molar-refractivity contribution in [2.24, 2.45) is 0 Å². The van der Waals surface area contributed by atoms with E-state index in [0.29, 0.717) is 6.07 Å². The normalized spacial score (nSPS) is 14.8. The standard InChI is InChI=1S/C17H17F4NO3S/c1-16(25-2,14-8-3-4-9-15(14)18)11-22-26(23,24)13-7-5-6-12(10-13)17(19,20)21/h3-10,22H,11H2,1-2H3/t16-/m1/s1. The molecule has 0 heterocycles. The number of benzene rings is 2. The molecule has 0 aromatic heterocycles. The van der Waals surface area contributed by atoms with Gasteiger partial charge in [0.15, 0.2) is 0 Å². The fourth-order valence-electron chi connectivity index (χ4n) is 2.32. The fourth-order valence-corrected chi connectivity index (χ4v) is 3.50. The van der Waals surface area contributed by atoms with Gasteiger partial charge in [-0.1, -0.05) is 24.3 Å².